The van der Waals surface area contributed by atoms with Crippen LogP contribution in [0.5, 0.6) is 0 Å². The SMILES string of the molecule is CC1C=CC=CC1(C)S(=O)(=O)n1ccc2c(CO)cccc21. The molecule has 4 nitrogen and oxygen atoms in total. The lowest BCUT2D eigenvalue weighted by molar-refractivity contribution is 0.283. The van der Waals surface area contributed by atoms with Crippen molar-refractivity contribution in [2.75, 3.05) is 0 Å². The molecule has 116 valence electrons. The second-order valence-corrected chi connectivity index (χ2v) is 8.06. The molecule has 1 aromatic carbocycles. The van der Waals surface area contributed by atoms with E-state index in [0.717, 1.165) is 10.9 Å². The maximum absolute atomic E-state index is 13.2. The van der Waals surface area contributed by atoms with E-state index in [-0.39, 0.29) is 12.5 Å². The van der Waals surface area contributed by atoms with Crippen molar-refractivity contribution >= 4 is 20.9 Å². The maximum Gasteiger partial charge on any atom is 0.248 e. The van der Waals surface area contributed by atoms with Gasteiger partial charge in [0.25, 0.3) is 0 Å². The summed E-state index contributed by atoms with van der Waals surface area (Å²) in [6.07, 6.45) is 8.88. The first-order valence-corrected chi connectivity index (χ1v) is 8.67. The van der Waals surface area contributed by atoms with Crippen LogP contribution in [0, 0.1) is 5.92 Å². The van der Waals surface area contributed by atoms with E-state index in [1.807, 2.05) is 19.1 Å². The van der Waals surface area contributed by atoms with Gasteiger partial charge in [-0.1, -0.05) is 43.4 Å². The molecule has 0 bridgehead atoms. The smallest absolute Gasteiger partial charge is 0.248 e. The second kappa shape index (κ2) is 5.11. The molecule has 0 spiro atoms. The van der Waals surface area contributed by atoms with Crippen LogP contribution in [0.3, 0.4) is 0 Å². The van der Waals surface area contributed by atoms with Gasteiger partial charge in [-0.3, -0.25) is 0 Å². The van der Waals surface area contributed by atoms with Gasteiger partial charge in [-0.05, 0) is 30.5 Å². The molecule has 2 aromatic rings. The highest BCUT2D eigenvalue weighted by molar-refractivity contribution is 7.91. The first-order valence-electron chi connectivity index (χ1n) is 7.23. The molecular formula is C17H19NO3S. The molecule has 0 fully saturated rings. The van der Waals surface area contributed by atoms with Crippen LogP contribution >= 0.6 is 0 Å². The van der Waals surface area contributed by atoms with E-state index >= 15 is 0 Å². The Morgan fingerprint density at radius 2 is 2.05 bits per heavy atom. The number of rotatable bonds is 3. The summed E-state index contributed by atoms with van der Waals surface area (Å²) < 4.78 is 26.8. The molecule has 5 heteroatoms. The summed E-state index contributed by atoms with van der Waals surface area (Å²) in [7, 11) is -3.62. The lowest BCUT2D eigenvalue weighted by Gasteiger charge is -2.32. The fraction of sp³-hybridized carbons (Fsp3) is 0.294. The third-order valence-electron chi connectivity index (χ3n) is 4.61. The number of fused-ring (bicyclic) bond motifs is 1. The predicted molar refractivity (Wildman–Crippen MR) is 88.0 cm³/mol. The highest BCUT2D eigenvalue weighted by Gasteiger charge is 2.43. The minimum Gasteiger partial charge on any atom is -0.392 e. The van der Waals surface area contributed by atoms with Gasteiger partial charge in [-0.2, -0.15) is 0 Å². The lowest BCUT2D eigenvalue weighted by atomic mass is 9.91. The monoisotopic (exact) mass is 317 g/mol. The Hall–Kier alpha value is -1.85. The van der Waals surface area contributed by atoms with E-state index in [0.29, 0.717) is 5.52 Å². The summed E-state index contributed by atoms with van der Waals surface area (Å²) in [6, 6.07) is 7.08. The van der Waals surface area contributed by atoms with Gasteiger partial charge < -0.3 is 5.11 Å². The molecule has 0 radical (unpaired) electrons. The Kier molecular flexibility index (Phi) is 3.50. The summed E-state index contributed by atoms with van der Waals surface area (Å²) >= 11 is 0. The van der Waals surface area contributed by atoms with Gasteiger partial charge in [-0.15, -0.1) is 0 Å². The topological polar surface area (TPSA) is 59.3 Å². The Morgan fingerprint density at radius 3 is 2.73 bits per heavy atom. The molecule has 0 saturated heterocycles. The number of benzene rings is 1. The number of hydrogen-bond acceptors (Lipinski definition) is 3. The van der Waals surface area contributed by atoms with Crippen LogP contribution < -0.4 is 0 Å². The lowest BCUT2D eigenvalue weighted by Crippen LogP contribution is -2.43. The number of aromatic nitrogens is 1. The van der Waals surface area contributed by atoms with Crippen molar-refractivity contribution in [2.45, 2.75) is 25.2 Å². The highest BCUT2D eigenvalue weighted by atomic mass is 32.2. The molecule has 1 heterocycles. The standard InChI is InChI=1S/C17H19NO3S/c1-13-6-3-4-10-17(13,2)22(20,21)18-11-9-15-14(12-19)7-5-8-16(15)18/h3-11,13,19H,12H2,1-2H3. The molecule has 1 aliphatic rings. The van der Waals surface area contributed by atoms with Gasteiger partial charge in [0, 0.05) is 11.6 Å². The third kappa shape index (κ3) is 1.96. The van der Waals surface area contributed by atoms with Crippen LogP contribution in [0.1, 0.15) is 19.4 Å². The van der Waals surface area contributed by atoms with Crippen LogP contribution in [0.2, 0.25) is 0 Å². The summed E-state index contributed by atoms with van der Waals surface area (Å²) in [6.45, 7) is 3.54. The van der Waals surface area contributed by atoms with Crippen molar-refractivity contribution in [3.05, 3.63) is 60.3 Å². The van der Waals surface area contributed by atoms with Crippen LogP contribution in [0.15, 0.2) is 54.8 Å². The largest absolute Gasteiger partial charge is 0.392 e. The summed E-state index contributed by atoms with van der Waals surface area (Å²) in [5.74, 6) is -0.124. The first kappa shape index (κ1) is 15.1. The number of hydrogen-bond donors (Lipinski definition) is 1. The summed E-state index contributed by atoms with van der Waals surface area (Å²) in [5.41, 5.74) is 1.33. The number of allylic oxidation sites excluding steroid dienone is 3. The van der Waals surface area contributed by atoms with E-state index < -0.39 is 14.8 Å². The first-order chi connectivity index (χ1) is 10.4. The zero-order valence-electron chi connectivity index (χ0n) is 12.6. The average molecular weight is 317 g/mol. The molecule has 1 aliphatic carbocycles. The zero-order chi connectivity index (χ0) is 16.0. The Labute approximate surface area is 130 Å². The van der Waals surface area contributed by atoms with E-state index in [1.165, 1.54) is 3.97 Å². The van der Waals surface area contributed by atoms with E-state index in [4.69, 9.17) is 0 Å². The molecule has 0 saturated carbocycles. The van der Waals surface area contributed by atoms with Crippen molar-refractivity contribution in [2.24, 2.45) is 5.92 Å². The number of aliphatic hydroxyl groups is 1. The van der Waals surface area contributed by atoms with Crippen LogP contribution in [-0.4, -0.2) is 22.2 Å². The normalized spacial score (nSPS) is 25.0. The number of nitrogens with zero attached hydrogens (tertiary/aromatic N) is 1. The van der Waals surface area contributed by atoms with Crippen molar-refractivity contribution in [1.82, 2.24) is 3.97 Å². The van der Waals surface area contributed by atoms with Crippen molar-refractivity contribution in [3.8, 4) is 0 Å². The molecule has 22 heavy (non-hydrogen) atoms. The zero-order valence-corrected chi connectivity index (χ0v) is 13.4. The molecule has 2 atom stereocenters. The molecular weight excluding hydrogens is 298 g/mol. The van der Waals surface area contributed by atoms with Crippen LogP contribution in [0.4, 0.5) is 0 Å². The van der Waals surface area contributed by atoms with Gasteiger partial charge in [0.05, 0.1) is 12.1 Å². The quantitative estimate of drug-likeness (QED) is 0.947. The van der Waals surface area contributed by atoms with Gasteiger partial charge in [-0.25, -0.2) is 12.4 Å². The molecule has 1 N–H and O–H groups in total. The summed E-state index contributed by atoms with van der Waals surface area (Å²) in [5, 5.41) is 10.2. The van der Waals surface area contributed by atoms with Crippen LogP contribution in [-0.2, 0) is 16.6 Å². The van der Waals surface area contributed by atoms with Crippen molar-refractivity contribution in [1.29, 1.82) is 0 Å². The van der Waals surface area contributed by atoms with Crippen LogP contribution in [0.25, 0.3) is 10.9 Å². The maximum atomic E-state index is 13.2. The third-order valence-corrected chi connectivity index (χ3v) is 7.07. The van der Waals surface area contributed by atoms with E-state index in [1.54, 1.807) is 49.5 Å². The van der Waals surface area contributed by atoms with Crippen molar-refractivity contribution < 1.29 is 13.5 Å². The molecule has 2 unspecified atom stereocenters. The number of aliphatic hydroxyl groups excluding tert-OH is 1. The van der Waals surface area contributed by atoms with Gasteiger partial charge in [0.2, 0.25) is 10.0 Å². The van der Waals surface area contributed by atoms with E-state index in [2.05, 4.69) is 0 Å². The Balaban J connectivity index is 2.23. The van der Waals surface area contributed by atoms with Gasteiger partial charge in [0.1, 0.15) is 4.75 Å². The molecule has 0 amide bonds. The molecule has 0 aliphatic heterocycles. The predicted octanol–water partition coefficient (Wildman–Crippen LogP) is 2.83. The van der Waals surface area contributed by atoms with E-state index in [9.17, 15) is 13.5 Å². The second-order valence-electron chi connectivity index (χ2n) is 5.84. The fourth-order valence-corrected chi connectivity index (χ4v) is 4.77. The fourth-order valence-electron chi connectivity index (χ4n) is 2.91. The van der Waals surface area contributed by atoms with Crippen molar-refractivity contribution in [3.63, 3.8) is 0 Å². The van der Waals surface area contributed by atoms with Gasteiger partial charge in [0.15, 0.2) is 0 Å². The Bertz CT molecular complexity index is 876. The molecule has 3 rings (SSSR count). The van der Waals surface area contributed by atoms with Gasteiger partial charge >= 0.3 is 0 Å². The minimum absolute atomic E-state index is 0.113. The Morgan fingerprint density at radius 1 is 1.27 bits per heavy atom. The average Bonchev–Trinajstić information content (AvgIpc) is 2.94. The minimum atomic E-state index is -3.62. The molecule has 1 aromatic heterocycles. The summed E-state index contributed by atoms with van der Waals surface area (Å²) in [4.78, 5) is 0. The highest BCUT2D eigenvalue weighted by Crippen LogP contribution is 2.35.